The van der Waals surface area contributed by atoms with Crippen LogP contribution in [0.1, 0.15) is 51.7 Å². The van der Waals surface area contributed by atoms with Crippen molar-refractivity contribution in [2.24, 2.45) is 0 Å². The van der Waals surface area contributed by atoms with Gasteiger partial charge in [0.15, 0.2) is 0 Å². The van der Waals surface area contributed by atoms with Gasteiger partial charge in [-0.1, -0.05) is 46.2 Å². The van der Waals surface area contributed by atoms with Crippen molar-refractivity contribution in [2.75, 3.05) is 0 Å². The molecular weight excluding hydrogens is 187 g/mol. The van der Waals surface area contributed by atoms with Crippen molar-refractivity contribution in [3.8, 4) is 0 Å². The van der Waals surface area contributed by atoms with Crippen LogP contribution in [-0.4, -0.2) is 0 Å². The quantitative estimate of drug-likeness (QED) is 0.687. The van der Waals surface area contributed by atoms with E-state index in [0.717, 1.165) is 24.8 Å². The molecule has 84 valence electrons. The molecule has 0 aliphatic rings. The van der Waals surface area contributed by atoms with E-state index in [-0.39, 0.29) is 11.2 Å². The first-order chi connectivity index (χ1) is 6.95. The van der Waals surface area contributed by atoms with E-state index in [1.165, 1.54) is 5.56 Å². The largest absolute Gasteiger partial charge is 0.207 e. The predicted octanol–water partition coefficient (Wildman–Crippen LogP) is 4.47. The summed E-state index contributed by atoms with van der Waals surface area (Å²) < 4.78 is 13.5. The minimum absolute atomic E-state index is 0.0588. The Morgan fingerprint density at radius 2 is 1.87 bits per heavy atom. The summed E-state index contributed by atoms with van der Waals surface area (Å²) in [6, 6.07) is 5.52. The third-order valence-electron chi connectivity index (χ3n) is 2.71. The highest BCUT2D eigenvalue weighted by molar-refractivity contribution is 5.29. The Hall–Kier alpha value is -0.850. The minimum atomic E-state index is -0.0588. The van der Waals surface area contributed by atoms with Gasteiger partial charge < -0.3 is 0 Å². The average molecular weight is 208 g/mol. The number of rotatable bonds is 3. The number of unbranched alkanes of at least 4 members (excludes halogenated alkanes) is 1. The van der Waals surface area contributed by atoms with E-state index < -0.39 is 0 Å². The molecule has 0 heterocycles. The Morgan fingerprint density at radius 3 is 2.40 bits per heavy atom. The molecule has 1 aromatic rings. The van der Waals surface area contributed by atoms with E-state index in [2.05, 4.69) is 27.7 Å². The molecule has 0 atom stereocenters. The molecule has 1 heteroatoms. The first kappa shape index (κ1) is 12.2. The standard InChI is InChI=1S/C14H21F/c1-5-6-7-11-10-12(14(2,3)4)8-9-13(11)15/h8-10H,5-7H2,1-4H3. The zero-order valence-corrected chi connectivity index (χ0v) is 10.2. The maximum absolute atomic E-state index is 13.5. The molecule has 0 amide bonds. The second-order valence-corrected chi connectivity index (χ2v) is 5.16. The summed E-state index contributed by atoms with van der Waals surface area (Å²) in [6.45, 7) is 8.60. The molecule has 0 radical (unpaired) electrons. The third-order valence-corrected chi connectivity index (χ3v) is 2.71. The number of halogens is 1. The second kappa shape index (κ2) is 4.78. The number of aryl methyl sites for hydroxylation is 1. The second-order valence-electron chi connectivity index (χ2n) is 5.16. The van der Waals surface area contributed by atoms with Gasteiger partial charge in [0, 0.05) is 0 Å². The fourth-order valence-electron chi connectivity index (χ4n) is 1.60. The van der Waals surface area contributed by atoms with Crippen molar-refractivity contribution >= 4 is 0 Å². The van der Waals surface area contributed by atoms with Gasteiger partial charge in [0.25, 0.3) is 0 Å². The maximum Gasteiger partial charge on any atom is 0.126 e. The van der Waals surface area contributed by atoms with E-state index >= 15 is 0 Å². The van der Waals surface area contributed by atoms with E-state index in [1.54, 1.807) is 6.07 Å². The lowest BCUT2D eigenvalue weighted by Crippen LogP contribution is -2.11. The van der Waals surface area contributed by atoms with Crippen LogP contribution in [0.15, 0.2) is 18.2 Å². The van der Waals surface area contributed by atoms with Crippen LogP contribution in [0.5, 0.6) is 0 Å². The van der Waals surface area contributed by atoms with Gasteiger partial charge in [-0.3, -0.25) is 0 Å². The molecule has 0 N–H and O–H groups in total. The van der Waals surface area contributed by atoms with Gasteiger partial charge in [-0.2, -0.15) is 0 Å². The lowest BCUT2D eigenvalue weighted by molar-refractivity contribution is 0.573. The molecule has 0 saturated carbocycles. The maximum atomic E-state index is 13.5. The first-order valence-electron chi connectivity index (χ1n) is 5.74. The Balaban J connectivity index is 2.95. The van der Waals surface area contributed by atoms with E-state index in [4.69, 9.17) is 0 Å². The summed E-state index contributed by atoms with van der Waals surface area (Å²) in [5.74, 6) is -0.0588. The Kier molecular flexibility index (Phi) is 3.90. The van der Waals surface area contributed by atoms with Crippen LogP contribution in [0.4, 0.5) is 4.39 Å². The molecule has 0 aliphatic carbocycles. The molecule has 0 saturated heterocycles. The van der Waals surface area contributed by atoms with Gasteiger partial charge in [0.1, 0.15) is 5.82 Å². The SMILES string of the molecule is CCCCc1cc(C(C)(C)C)ccc1F. The number of hydrogen-bond donors (Lipinski definition) is 0. The normalized spacial score (nSPS) is 11.8. The van der Waals surface area contributed by atoms with Gasteiger partial charge in [0.05, 0.1) is 0 Å². The summed E-state index contributed by atoms with van der Waals surface area (Å²) in [5.41, 5.74) is 2.19. The van der Waals surface area contributed by atoms with Gasteiger partial charge in [0.2, 0.25) is 0 Å². The molecule has 0 bridgehead atoms. The van der Waals surface area contributed by atoms with Crippen LogP contribution < -0.4 is 0 Å². The van der Waals surface area contributed by atoms with Crippen LogP contribution in [0, 0.1) is 5.82 Å². The fourth-order valence-corrected chi connectivity index (χ4v) is 1.60. The van der Waals surface area contributed by atoms with Crippen LogP contribution in [0.3, 0.4) is 0 Å². The molecule has 0 aromatic heterocycles. The van der Waals surface area contributed by atoms with Crippen molar-refractivity contribution in [3.63, 3.8) is 0 Å². The number of benzene rings is 1. The summed E-state index contributed by atoms with van der Waals surface area (Å²) in [6.07, 6.45) is 3.02. The lowest BCUT2D eigenvalue weighted by Gasteiger charge is -2.20. The van der Waals surface area contributed by atoms with Gasteiger partial charge >= 0.3 is 0 Å². The summed E-state index contributed by atoms with van der Waals surface area (Å²) >= 11 is 0. The zero-order valence-electron chi connectivity index (χ0n) is 10.2. The van der Waals surface area contributed by atoms with Gasteiger partial charge in [-0.25, -0.2) is 4.39 Å². The van der Waals surface area contributed by atoms with Crippen molar-refractivity contribution in [1.82, 2.24) is 0 Å². The molecule has 1 aromatic carbocycles. The van der Waals surface area contributed by atoms with E-state index in [1.807, 2.05) is 12.1 Å². The molecule has 0 nitrogen and oxygen atoms in total. The monoisotopic (exact) mass is 208 g/mol. The Bertz CT molecular complexity index is 321. The Labute approximate surface area is 92.5 Å². The highest BCUT2D eigenvalue weighted by atomic mass is 19.1. The van der Waals surface area contributed by atoms with Crippen molar-refractivity contribution < 1.29 is 4.39 Å². The zero-order chi connectivity index (χ0) is 11.5. The van der Waals surface area contributed by atoms with Crippen LogP contribution >= 0.6 is 0 Å². The number of hydrogen-bond acceptors (Lipinski definition) is 0. The van der Waals surface area contributed by atoms with Crippen molar-refractivity contribution in [1.29, 1.82) is 0 Å². The van der Waals surface area contributed by atoms with Crippen LogP contribution in [0.25, 0.3) is 0 Å². The average Bonchev–Trinajstić information content (AvgIpc) is 2.15. The summed E-state index contributed by atoms with van der Waals surface area (Å²) in [5, 5.41) is 0. The van der Waals surface area contributed by atoms with Gasteiger partial charge in [-0.05, 0) is 35.4 Å². The molecule has 0 spiro atoms. The highest BCUT2D eigenvalue weighted by Crippen LogP contribution is 2.24. The predicted molar refractivity (Wildman–Crippen MR) is 63.7 cm³/mol. The minimum Gasteiger partial charge on any atom is -0.207 e. The first-order valence-corrected chi connectivity index (χ1v) is 5.74. The smallest absolute Gasteiger partial charge is 0.126 e. The molecule has 0 unspecified atom stereocenters. The molecular formula is C14H21F. The Morgan fingerprint density at radius 1 is 1.20 bits per heavy atom. The van der Waals surface area contributed by atoms with Gasteiger partial charge in [-0.15, -0.1) is 0 Å². The molecule has 0 fully saturated rings. The topological polar surface area (TPSA) is 0 Å². The van der Waals surface area contributed by atoms with E-state index in [0.29, 0.717) is 0 Å². The third kappa shape index (κ3) is 3.33. The van der Waals surface area contributed by atoms with Crippen LogP contribution in [0.2, 0.25) is 0 Å². The lowest BCUT2D eigenvalue weighted by atomic mass is 9.85. The summed E-state index contributed by atoms with van der Waals surface area (Å²) in [4.78, 5) is 0. The fraction of sp³-hybridized carbons (Fsp3) is 0.571. The molecule has 1 rings (SSSR count). The van der Waals surface area contributed by atoms with Crippen LogP contribution in [-0.2, 0) is 11.8 Å². The molecule has 15 heavy (non-hydrogen) atoms. The molecule has 0 aliphatic heterocycles. The van der Waals surface area contributed by atoms with Crippen molar-refractivity contribution in [3.05, 3.63) is 35.1 Å². The summed E-state index contributed by atoms with van der Waals surface area (Å²) in [7, 11) is 0. The van der Waals surface area contributed by atoms with E-state index in [9.17, 15) is 4.39 Å². The highest BCUT2D eigenvalue weighted by Gasteiger charge is 2.15. The van der Waals surface area contributed by atoms with Crippen molar-refractivity contribution in [2.45, 2.75) is 52.4 Å².